The van der Waals surface area contributed by atoms with Gasteiger partial charge in [-0.05, 0) is 293 Å². The van der Waals surface area contributed by atoms with E-state index in [9.17, 15) is 28.4 Å². The Kier molecular flexibility index (Phi) is 48.6. The predicted molar refractivity (Wildman–Crippen MR) is 491 cm³/mol. The summed E-state index contributed by atoms with van der Waals surface area (Å²) >= 11 is 0. The molecule has 6 aromatic carbocycles. The third-order valence-corrected chi connectivity index (χ3v) is 26.6. The monoisotopic (exact) mass is 1690 g/mol. The molecular weight excluding hydrogens is 1540 g/mol. The molecule has 6 bridgehead atoms. The molecule has 0 saturated carbocycles. The summed E-state index contributed by atoms with van der Waals surface area (Å²) in [6, 6.07) is 31.1. The number of fused-ring (bicyclic) bond motifs is 6. The first kappa shape index (κ1) is 102. The summed E-state index contributed by atoms with van der Waals surface area (Å²) in [5.74, 6) is 4.49. The number of unbranched alkanes of at least 4 members (excludes halogenated alkanes) is 18. The molecule has 9 rings (SSSR count). The van der Waals surface area contributed by atoms with E-state index in [0.717, 1.165) is 300 Å². The van der Waals surface area contributed by atoms with Gasteiger partial charge in [0.25, 0.3) is 0 Å². The van der Waals surface area contributed by atoms with E-state index in [4.69, 9.17) is 27.1 Å². The van der Waals surface area contributed by atoms with E-state index in [-0.39, 0.29) is 17.4 Å². The molecule has 0 saturated heterocycles. The van der Waals surface area contributed by atoms with Crippen LogP contribution in [0.4, 0.5) is 0 Å². The van der Waals surface area contributed by atoms with Crippen LogP contribution in [0.5, 0.6) is 34.5 Å². The van der Waals surface area contributed by atoms with Gasteiger partial charge in [0.1, 0.15) is 34.5 Å². The molecular formula is C102H156AlO12P3. The van der Waals surface area contributed by atoms with Crippen molar-refractivity contribution in [1.82, 2.24) is 0 Å². The van der Waals surface area contributed by atoms with Crippen LogP contribution in [-0.2, 0) is 110 Å². The minimum absolute atomic E-state index is 0. The Morgan fingerprint density at radius 2 is 0.475 bits per heavy atom. The fourth-order valence-electron chi connectivity index (χ4n) is 17.7. The zero-order valence-electron chi connectivity index (χ0n) is 75.8. The maximum absolute atomic E-state index is 13.4. The van der Waals surface area contributed by atoms with Crippen LogP contribution in [0.3, 0.4) is 0 Å². The summed E-state index contributed by atoms with van der Waals surface area (Å²) in [5.41, 5.74) is 16.7. The molecule has 118 heavy (non-hydrogen) atoms. The number of phosphoric ester groups is 3. The van der Waals surface area contributed by atoms with Gasteiger partial charge >= 0.3 is 40.8 Å². The molecule has 12 nitrogen and oxygen atoms in total. The molecule has 3 aliphatic carbocycles. The molecule has 0 N–H and O–H groups in total. The van der Waals surface area contributed by atoms with E-state index in [1.54, 1.807) is 0 Å². The first-order chi connectivity index (χ1) is 56.7. The molecule has 0 amide bonds. The predicted octanol–water partition coefficient (Wildman–Crippen LogP) is 28.8. The van der Waals surface area contributed by atoms with Gasteiger partial charge in [-0.1, -0.05) is 310 Å². The molecule has 6 aromatic rings. The minimum atomic E-state index is -4.62. The van der Waals surface area contributed by atoms with Gasteiger partial charge in [0.05, 0.1) is 0 Å². The maximum atomic E-state index is 13.4. The van der Waals surface area contributed by atoms with E-state index in [2.05, 4.69) is 138 Å². The summed E-state index contributed by atoms with van der Waals surface area (Å²) in [4.78, 5) is 40.2. The number of benzene rings is 6. The Labute approximate surface area is 728 Å². The Hall–Kier alpha value is -4.78. The number of hydrogen-bond acceptors (Lipinski definition) is 12. The zero-order chi connectivity index (χ0) is 84.3. The van der Waals surface area contributed by atoms with Gasteiger partial charge in [-0.25, -0.2) is 13.7 Å². The Morgan fingerprint density at radius 3 is 0.695 bits per heavy atom. The van der Waals surface area contributed by atoms with E-state index in [1.165, 1.54) is 110 Å². The second-order valence-electron chi connectivity index (χ2n) is 34.8. The summed E-state index contributed by atoms with van der Waals surface area (Å²) < 4.78 is 75.0. The van der Waals surface area contributed by atoms with E-state index in [1.807, 2.05) is 36.4 Å². The molecule has 3 aliphatic rings. The topological polar surface area (TPSA) is 176 Å². The van der Waals surface area contributed by atoms with Crippen molar-refractivity contribution in [2.75, 3.05) is 0 Å². The van der Waals surface area contributed by atoms with E-state index >= 15 is 0 Å². The summed E-state index contributed by atoms with van der Waals surface area (Å²) in [7, 11) is -13.9. The molecule has 0 aromatic heterocycles. The average molecular weight is 1690 g/mol. The normalized spacial score (nSPS) is 16.3. The van der Waals surface area contributed by atoms with E-state index < -0.39 is 23.5 Å². The van der Waals surface area contributed by atoms with Gasteiger partial charge in [-0.2, -0.15) is 0 Å². The minimum Gasteiger partial charge on any atom is -0.736 e. The van der Waals surface area contributed by atoms with Crippen molar-refractivity contribution in [2.45, 2.75) is 411 Å². The number of aryl methyl sites for hydroxylation is 12. The Morgan fingerprint density at radius 1 is 0.263 bits per heavy atom. The van der Waals surface area contributed by atoms with Crippen molar-refractivity contribution in [3.05, 3.63) is 174 Å². The average Bonchev–Trinajstić information content (AvgIpc) is 1.53. The largest absolute Gasteiger partial charge is 3.00 e. The Balaban J connectivity index is 0.000000274. The second-order valence-corrected chi connectivity index (χ2v) is 38.5. The molecule has 6 unspecified atom stereocenters. The van der Waals surface area contributed by atoms with Crippen LogP contribution in [0.15, 0.2) is 91.0 Å². The van der Waals surface area contributed by atoms with Crippen LogP contribution >= 0.6 is 23.5 Å². The van der Waals surface area contributed by atoms with Crippen LogP contribution < -0.4 is 41.8 Å². The van der Waals surface area contributed by atoms with Crippen LogP contribution in [0.2, 0.25) is 0 Å². The summed E-state index contributed by atoms with van der Waals surface area (Å²) in [6.07, 6.45) is 54.8. The van der Waals surface area contributed by atoms with Crippen LogP contribution in [0.25, 0.3) is 0 Å². The van der Waals surface area contributed by atoms with Gasteiger partial charge in [-0.3, -0.25) is 0 Å². The number of phosphoric acid groups is 3. The SMILES string of the molecule is CCCCCc1ccc(OP(=O)([O-])Oc2c3cc(CCCCC)cc2CC(CCC)CC3)c(CCCCC)c1.CCCCCc1ccc(OP(=O)([O-])Oc2c3cc(CCCCC)cc2CC(CCC)CC3)c(CCCCC)c1.CCCCCc1ccc(OP(=O)([O-])Oc2c3cc(CCCCC)cc2CC(CCC)CC3)c(CCCCC)c1.[Al+3]. The first-order valence-electron chi connectivity index (χ1n) is 47.6. The van der Waals surface area contributed by atoms with Crippen molar-refractivity contribution in [3.63, 3.8) is 0 Å². The van der Waals surface area contributed by atoms with Gasteiger partial charge in [0.2, 0.25) is 0 Å². The van der Waals surface area contributed by atoms with Crippen LogP contribution in [0.1, 0.15) is 398 Å². The smallest absolute Gasteiger partial charge is 0.736 e. The molecule has 0 fully saturated rings. The maximum Gasteiger partial charge on any atom is 3.00 e. The van der Waals surface area contributed by atoms with E-state index in [0.29, 0.717) is 52.3 Å². The first-order valence-corrected chi connectivity index (χ1v) is 51.9. The van der Waals surface area contributed by atoms with Gasteiger partial charge in [0.15, 0.2) is 0 Å². The fourth-order valence-corrected chi connectivity index (χ4v) is 20.4. The summed E-state index contributed by atoms with van der Waals surface area (Å²) in [6.45, 7) is 26.5. The zero-order valence-corrected chi connectivity index (χ0v) is 79.6. The molecule has 6 atom stereocenters. The molecule has 0 heterocycles. The third-order valence-electron chi connectivity index (χ3n) is 24.2. The van der Waals surface area contributed by atoms with Crippen molar-refractivity contribution in [2.24, 2.45) is 17.8 Å². The van der Waals surface area contributed by atoms with Crippen molar-refractivity contribution >= 4 is 40.8 Å². The molecule has 16 heteroatoms. The number of hydrogen-bond donors (Lipinski definition) is 0. The second kappa shape index (κ2) is 56.2. The Bertz CT molecular complexity index is 3600. The third kappa shape index (κ3) is 36.2. The van der Waals surface area contributed by atoms with Crippen molar-refractivity contribution in [3.8, 4) is 34.5 Å². The molecule has 0 radical (unpaired) electrons. The van der Waals surface area contributed by atoms with Gasteiger partial charge in [0, 0.05) is 0 Å². The fraction of sp³-hybridized carbons (Fsp3) is 0.647. The van der Waals surface area contributed by atoms with Crippen molar-refractivity contribution < 1.29 is 55.5 Å². The summed E-state index contributed by atoms with van der Waals surface area (Å²) in [5, 5.41) is 0. The molecule has 0 aliphatic heterocycles. The number of rotatable bonds is 54. The quantitative estimate of drug-likeness (QED) is 0.0201. The standard InChI is InChI=1S/3C34H53O4P.Al/c3*1-5-9-12-16-28-20-22-33(30(23-28)18-14-11-7-3)37-39(35,36)38-34-31-21-19-27(15-8-4)24-32(34)26-29(25-31)17-13-10-6-2;/h3*20,22-23,25-27H,5-19,21,24H2,1-4H3,(H,35,36);/q;;;+3/p-3. The van der Waals surface area contributed by atoms with Crippen LogP contribution in [-0.4, -0.2) is 17.4 Å². The van der Waals surface area contributed by atoms with Crippen LogP contribution in [0, 0.1) is 17.8 Å². The van der Waals surface area contributed by atoms with Gasteiger partial charge in [-0.15, -0.1) is 0 Å². The molecule has 0 spiro atoms. The molecule has 654 valence electrons. The van der Waals surface area contributed by atoms with Gasteiger partial charge < -0.3 is 41.8 Å². The van der Waals surface area contributed by atoms with Crippen molar-refractivity contribution in [1.29, 1.82) is 0 Å².